The summed E-state index contributed by atoms with van der Waals surface area (Å²) in [6, 6.07) is 12.6. The van der Waals surface area contributed by atoms with E-state index in [0.717, 1.165) is 38.0 Å². The van der Waals surface area contributed by atoms with Gasteiger partial charge in [-0.1, -0.05) is 30.3 Å². The Bertz CT molecular complexity index is 565. The number of rotatable bonds is 3. The van der Waals surface area contributed by atoms with Crippen LogP contribution >= 0.6 is 11.3 Å². The van der Waals surface area contributed by atoms with Crippen molar-refractivity contribution in [3.8, 4) is 0 Å². The number of benzene rings is 1. The van der Waals surface area contributed by atoms with Gasteiger partial charge in [-0.3, -0.25) is 4.90 Å². The molecule has 1 unspecified atom stereocenters. The van der Waals surface area contributed by atoms with Crippen LogP contribution in [0.3, 0.4) is 0 Å². The van der Waals surface area contributed by atoms with Crippen molar-refractivity contribution in [2.24, 2.45) is 0 Å². The van der Waals surface area contributed by atoms with Crippen molar-refractivity contribution >= 4 is 11.3 Å². The fraction of sp³-hybridized carbons (Fsp3) is 0.412. The van der Waals surface area contributed by atoms with Crippen molar-refractivity contribution in [2.75, 3.05) is 13.1 Å². The third-order valence-electron chi connectivity index (χ3n) is 4.16. The van der Waals surface area contributed by atoms with Crippen LogP contribution in [0.2, 0.25) is 0 Å². The van der Waals surface area contributed by atoms with E-state index in [2.05, 4.69) is 47.5 Å². The molecule has 1 fully saturated rings. The van der Waals surface area contributed by atoms with Crippen molar-refractivity contribution in [1.82, 2.24) is 4.90 Å². The van der Waals surface area contributed by atoms with Gasteiger partial charge in [-0.2, -0.15) is 0 Å². The van der Waals surface area contributed by atoms with E-state index >= 15 is 0 Å². The van der Waals surface area contributed by atoms with Crippen LogP contribution in [0.4, 0.5) is 0 Å². The summed E-state index contributed by atoms with van der Waals surface area (Å²) in [5.41, 5.74) is 1.77. The minimum Gasteiger partial charge on any atom is -0.384 e. The Morgan fingerprint density at radius 1 is 1.25 bits per heavy atom. The average molecular weight is 287 g/mol. The number of aliphatic hydroxyl groups is 1. The summed E-state index contributed by atoms with van der Waals surface area (Å²) >= 11 is 1.72. The fourth-order valence-corrected chi connectivity index (χ4v) is 3.98. The molecular weight excluding hydrogens is 266 g/mol. The monoisotopic (exact) mass is 287 g/mol. The molecule has 0 aliphatic carbocycles. The van der Waals surface area contributed by atoms with Crippen molar-refractivity contribution in [3.63, 3.8) is 0 Å². The highest BCUT2D eigenvalue weighted by Crippen LogP contribution is 2.35. The molecule has 1 aromatic heterocycles. The van der Waals surface area contributed by atoms with Gasteiger partial charge in [-0.25, -0.2) is 0 Å². The highest BCUT2D eigenvalue weighted by Gasteiger charge is 2.36. The zero-order valence-corrected chi connectivity index (χ0v) is 12.7. The molecule has 3 rings (SSSR count). The molecule has 0 amide bonds. The van der Waals surface area contributed by atoms with Gasteiger partial charge in [-0.05, 0) is 48.9 Å². The predicted molar refractivity (Wildman–Crippen MR) is 83.9 cm³/mol. The van der Waals surface area contributed by atoms with Crippen LogP contribution < -0.4 is 0 Å². The molecule has 106 valence electrons. The normalized spacial score (nSPS) is 23.9. The van der Waals surface area contributed by atoms with Gasteiger partial charge in [0.25, 0.3) is 0 Å². The molecule has 3 heteroatoms. The van der Waals surface area contributed by atoms with Crippen LogP contribution in [0, 0.1) is 6.92 Å². The van der Waals surface area contributed by atoms with Crippen molar-refractivity contribution < 1.29 is 5.11 Å². The first-order valence-electron chi connectivity index (χ1n) is 7.21. The second-order valence-corrected chi connectivity index (χ2v) is 6.84. The molecule has 1 saturated heterocycles. The molecule has 2 aromatic rings. The number of nitrogens with zero attached hydrogens (tertiary/aromatic N) is 1. The topological polar surface area (TPSA) is 23.5 Å². The van der Waals surface area contributed by atoms with E-state index < -0.39 is 5.60 Å². The summed E-state index contributed by atoms with van der Waals surface area (Å²) in [5.74, 6) is 0. The summed E-state index contributed by atoms with van der Waals surface area (Å²) in [6.45, 7) is 4.83. The van der Waals surface area contributed by atoms with Crippen LogP contribution in [-0.2, 0) is 12.1 Å². The quantitative estimate of drug-likeness (QED) is 0.933. The lowest BCUT2D eigenvalue weighted by atomic mass is 9.86. The van der Waals surface area contributed by atoms with Crippen LogP contribution in [0.25, 0.3) is 0 Å². The van der Waals surface area contributed by atoms with Crippen LogP contribution in [-0.4, -0.2) is 23.1 Å². The maximum absolute atomic E-state index is 11.0. The molecule has 1 aliphatic heterocycles. The van der Waals surface area contributed by atoms with E-state index in [1.165, 1.54) is 10.4 Å². The summed E-state index contributed by atoms with van der Waals surface area (Å²) in [4.78, 5) is 3.62. The Labute approximate surface area is 124 Å². The van der Waals surface area contributed by atoms with E-state index in [4.69, 9.17) is 0 Å². The third kappa shape index (κ3) is 2.80. The molecule has 1 aromatic carbocycles. The Kier molecular flexibility index (Phi) is 3.92. The number of hydrogen-bond acceptors (Lipinski definition) is 3. The number of aryl methyl sites for hydroxylation is 1. The smallest absolute Gasteiger partial charge is 0.103 e. The maximum Gasteiger partial charge on any atom is 0.103 e. The predicted octanol–water partition coefficient (Wildman–Crippen LogP) is 3.54. The molecule has 0 saturated carbocycles. The van der Waals surface area contributed by atoms with Crippen molar-refractivity contribution in [3.05, 3.63) is 57.8 Å². The second-order valence-electron chi connectivity index (χ2n) is 5.72. The summed E-state index contributed by atoms with van der Waals surface area (Å²) in [7, 11) is 0. The first-order chi connectivity index (χ1) is 9.67. The van der Waals surface area contributed by atoms with E-state index in [9.17, 15) is 5.11 Å². The first-order valence-corrected chi connectivity index (χ1v) is 8.09. The molecule has 20 heavy (non-hydrogen) atoms. The van der Waals surface area contributed by atoms with Gasteiger partial charge in [0, 0.05) is 18.0 Å². The lowest BCUT2D eigenvalue weighted by molar-refractivity contribution is -0.0382. The Balaban J connectivity index is 1.75. The average Bonchev–Trinajstić information content (AvgIpc) is 2.87. The molecule has 2 nitrogen and oxygen atoms in total. The number of hydrogen-bond donors (Lipinski definition) is 1. The van der Waals surface area contributed by atoms with Gasteiger partial charge in [0.05, 0.1) is 0 Å². The van der Waals surface area contributed by atoms with Crippen LogP contribution in [0.15, 0.2) is 41.8 Å². The van der Waals surface area contributed by atoms with Crippen molar-refractivity contribution in [1.29, 1.82) is 0 Å². The largest absolute Gasteiger partial charge is 0.384 e. The molecule has 2 heterocycles. The first kappa shape index (κ1) is 13.8. The molecular formula is C17H21NOS. The lowest BCUT2D eigenvalue weighted by Gasteiger charge is -2.39. The van der Waals surface area contributed by atoms with Gasteiger partial charge >= 0.3 is 0 Å². The van der Waals surface area contributed by atoms with E-state index in [0.29, 0.717) is 0 Å². The van der Waals surface area contributed by atoms with E-state index in [1.54, 1.807) is 11.3 Å². The molecule has 1 atom stereocenters. The molecule has 0 bridgehead atoms. The SMILES string of the molecule is Cc1sccc1C1(O)CCCN(Cc2ccccc2)C1. The van der Waals surface area contributed by atoms with Crippen LogP contribution in [0.5, 0.6) is 0 Å². The summed E-state index contributed by atoms with van der Waals surface area (Å²) < 4.78 is 0. The third-order valence-corrected chi connectivity index (χ3v) is 5.00. The minimum absolute atomic E-state index is 0.670. The molecule has 0 spiro atoms. The number of β-amino-alcohol motifs (C(OH)–C–C–N with tert-alkyl or cyclic N) is 1. The van der Waals surface area contributed by atoms with Gasteiger partial charge < -0.3 is 5.11 Å². The maximum atomic E-state index is 11.0. The summed E-state index contributed by atoms with van der Waals surface area (Å²) in [6.07, 6.45) is 1.93. The molecule has 1 N–H and O–H groups in total. The highest BCUT2D eigenvalue weighted by atomic mass is 32.1. The summed E-state index contributed by atoms with van der Waals surface area (Å²) in [5, 5.41) is 13.1. The Morgan fingerprint density at radius 3 is 2.75 bits per heavy atom. The van der Waals surface area contributed by atoms with Crippen molar-refractivity contribution in [2.45, 2.75) is 31.9 Å². The molecule has 1 aliphatic rings. The number of piperidine rings is 1. The standard InChI is InChI=1S/C17H21NOS/c1-14-16(8-11-20-14)17(19)9-5-10-18(13-17)12-15-6-3-2-4-7-15/h2-4,6-8,11,19H,5,9-10,12-13H2,1H3. The molecule has 0 radical (unpaired) electrons. The lowest BCUT2D eigenvalue weighted by Crippen LogP contribution is -2.45. The van der Waals surface area contributed by atoms with E-state index in [-0.39, 0.29) is 0 Å². The zero-order valence-electron chi connectivity index (χ0n) is 11.9. The Morgan fingerprint density at radius 2 is 2.05 bits per heavy atom. The van der Waals surface area contributed by atoms with Crippen LogP contribution in [0.1, 0.15) is 28.8 Å². The van der Waals surface area contributed by atoms with Gasteiger partial charge in [-0.15, -0.1) is 11.3 Å². The van der Waals surface area contributed by atoms with Gasteiger partial charge in [0.15, 0.2) is 0 Å². The minimum atomic E-state index is -0.670. The van der Waals surface area contributed by atoms with Gasteiger partial charge in [0.1, 0.15) is 5.60 Å². The zero-order chi connectivity index (χ0) is 14.0. The van der Waals surface area contributed by atoms with Gasteiger partial charge in [0.2, 0.25) is 0 Å². The Hall–Kier alpha value is -1.16. The number of thiophene rings is 1. The highest BCUT2D eigenvalue weighted by molar-refractivity contribution is 7.10. The second kappa shape index (κ2) is 5.68. The number of likely N-dealkylation sites (tertiary alicyclic amines) is 1. The fourth-order valence-electron chi connectivity index (χ4n) is 3.19. The van der Waals surface area contributed by atoms with E-state index in [1.807, 2.05) is 6.07 Å².